The summed E-state index contributed by atoms with van der Waals surface area (Å²) in [6, 6.07) is -0.457. The second-order valence-electron chi connectivity index (χ2n) is 3.78. The van der Waals surface area contributed by atoms with E-state index in [1.807, 2.05) is 0 Å². The molecule has 11 heteroatoms. The third-order valence-electron chi connectivity index (χ3n) is 2.14. The molecule has 5 N–H and O–H groups in total. The summed E-state index contributed by atoms with van der Waals surface area (Å²) in [5.74, 6) is 0.317. The number of rotatable bonds is 8. The van der Waals surface area contributed by atoms with Gasteiger partial charge < -0.3 is 20.3 Å². The number of ether oxygens (including phenoxy) is 1. The van der Waals surface area contributed by atoms with Crippen molar-refractivity contribution >= 4 is 26.0 Å². The van der Waals surface area contributed by atoms with E-state index in [1.54, 1.807) is 13.1 Å². The highest BCUT2D eigenvalue weighted by molar-refractivity contribution is 7.51. The Bertz CT molecular complexity index is 434. The molecular formula is C9H18N5O5P. The molecule has 0 bridgehead atoms. The average molecular weight is 307 g/mol. The topological polar surface area (TPSA) is 151 Å². The van der Waals surface area contributed by atoms with Crippen LogP contribution in [-0.2, 0) is 14.1 Å². The Morgan fingerprint density at radius 1 is 1.60 bits per heavy atom. The molecule has 0 aromatic carbocycles. The number of hydroxylamine groups is 1. The Morgan fingerprint density at radius 2 is 2.35 bits per heavy atom. The lowest BCUT2D eigenvalue weighted by atomic mass is 10.2. The average Bonchev–Trinajstić information content (AvgIpc) is 2.36. The molecule has 10 nitrogen and oxygen atoms in total. The van der Waals surface area contributed by atoms with Crippen molar-refractivity contribution in [2.45, 2.75) is 19.1 Å². The number of nitrogens with two attached hydrogens (primary N) is 1. The van der Waals surface area contributed by atoms with Gasteiger partial charge in [-0.3, -0.25) is 14.4 Å². The lowest BCUT2D eigenvalue weighted by Crippen LogP contribution is -2.47. The first-order valence-corrected chi connectivity index (χ1v) is 7.56. The van der Waals surface area contributed by atoms with Crippen LogP contribution in [0, 0.1) is 0 Å². The first-order valence-electron chi connectivity index (χ1n) is 5.76. The van der Waals surface area contributed by atoms with E-state index < -0.39 is 26.2 Å². The normalized spacial score (nSPS) is 23.2. The van der Waals surface area contributed by atoms with Gasteiger partial charge in [-0.25, -0.2) is 9.98 Å². The molecule has 20 heavy (non-hydrogen) atoms. The van der Waals surface area contributed by atoms with Gasteiger partial charge in [0.05, 0.1) is 13.2 Å². The van der Waals surface area contributed by atoms with E-state index in [9.17, 15) is 4.57 Å². The smallest absolute Gasteiger partial charge is 0.350 e. The lowest BCUT2D eigenvalue weighted by Gasteiger charge is -2.22. The Kier molecular flexibility index (Phi) is 6.93. The molecule has 1 heterocycles. The number of amidine groups is 1. The standard InChI is InChI=1S/C9H18N5O5P/c1-2-11-7-8(10)12-5-13-9(7)14-19-4-3-18-6-20(15,16)17/h2,5,7,9,14H,3-4,6H2,1H3,(H2,10,12,13)(H2,15,16,17)/b11-2-. The Labute approximate surface area is 115 Å². The van der Waals surface area contributed by atoms with Gasteiger partial charge in [0, 0.05) is 0 Å². The van der Waals surface area contributed by atoms with Crippen LogP contribution >= 0.6 is 7.60 Å². The second-order valence-corrected chi connectivity index (χ2v) is 5.37. The van der Waals surface area contributed by atoms with Crippen LogP contribution in [0.4, 0.5) is 0 Å². The number of hydrogen-bond donors (Lipinski definition) is 4. The molecule has 2 atom stereocenters. The highest BCUT2D eigenvalue weighted by Crippen LogP contribution is 2.33. The first kappa shape index (κ1) is 16.9. The highest BCUT2D eigenvalue weighted by Gasteiger charge is 2.25. The molecular weight excluding hydrogens is 289 g/mol. The second kappa shape index (κ2) is 8.20. The highest BCUT2D eigenvalue weighted by atomic mass is 31.2. The molecule has 0 saturated carbocycles. The molecule has 0 fully saturated rings. The van der Waals surface area contributed by atoms with Crippen molar-refractivity contribution in [2.24, 2.45) is 20.7 Å². The van der Waals surface area contributed by atoms with Crippen molar-refractivity contribution < 1.29 is 23.9 Å². The monoisotopic (exact) mass is 307 g/mol. The Hall–Kier alpha value is -1.16. The van der Waals surface area contributed by atoms with Gasteiger partial charge in [0.25, 0.3) is 0 Å². The molecule has 0 spiro atoms. The summed E-state index contributed by atoms with van der Waals surface area (Å²) >= 11 is 0. The number of aliphatic imine (C=N–C) groups is 3. The molecule has 1 aliphatic heterocycles. The fourth-order valence-corrected chi connectivity index (χ4v) is 1.70. The van der Waals surface area contributed by atoms with Gasteiger partial charge in [0.15, 0.2) is 6.17 Å². The summed E-state index contributed by atoms with van der Waals surface area (Å²) in [5.41, 5.74) is 8.33. The summed E-state index contributed by atoms with van der Waals surface area (Å²) < 4.78 is 15.3. The zero-order valence-electron chi connectivity index (χ0n) is 10.9. The van der Waals surface area contributed by atoms with E-state index >= 15 is 0 Å². The van der Waals surface area contributed by atoms with Gasteiger partial charge in [-0.1, -0.05) is 0 Å². The van der Waals surface area contributed by atoms with Gasteiger partial charge in [0.1, 0.15) is 24.6 Å². The number of hydrogen-bond acceptors (Lipinski definition) is 8. The molecule has 0 radical (unpaired) electrons. The van der Waals surface area contributed by atoms with Crippen LogP contribution in [0.25, 0.3) is 0 Å². The molecule has 0 aromatic rings. The third kappa shape index (κ3) is 6.33. The SMILES string of the molecule is C/C=N\C1C(N)=NC=NC1NOCCOCP(=O)(O)O. The fourth-order valence-electron chi connectivity index (χ4n) is 1.33. The molecule has 0 saturated heterocycles. The maximum atomic E-state index is 10.5. The molecule has 2 unspecified atom stereocenters. The molecule has 0 amide bonds. The summed E-state index contributed by atoms with van der Waals surface area (Å²) in [6.45, 7) is 1.87. The largest absolute Gasteiger partial charge is 0.385 e. The maximum Gasteiger partial charge on any atom is 0.350 e. The van der Waals surface area contributed by atoms with E-state index in [2.05, 4.69) is 20.5 Å². The predicted octanol–water partition coefficient (Wildman–Crippen LogP) is -1.16. The molecule has 0 aliphatic carbocycles. The van der Waals surface area contributed by atoms with Crippen molar-refractivity contribution in [3.05, 3.63) is 0 Å². The van der Waals surface area contributed by atoms with Crippen LogP contribution in [0.15, 0.2) is 15.0 Å². The van der Waals surface area contributed by atoms with Gasteiger partial charge in [-0.2, -0.15) is 5.48 Å². The fraction of sp³-hybridized carbons (Fsp3) is 0.667. The number of nitrogens with one attached hydrogen (secondary N) is 1. The minimum atomic E-state index is -4.14. The first-order chi connectivity index (χ1) is 9.44. The van der Waals surface area contributed by atoms with Crippen molar-refractivity contribution in [2.75, 3.05) is 19.6 Å². The minimum absolute atomic E-state index is 0.0276. The van der Waals surface area contributed by atoms with Crippen molar-refractivity contribution in [1.29, 1.82) is 0 Å². The van der Waals surface area contributed by atoms with Crippen molar-refractivity contribution in [3.8, 4) is 0 Å². The van der Waals surface area contributed by atoms with Crippen LogP contribution in [0.5, 0.6) is 0 Å². The van der Waals surface area contributed by atoms with Gasteiger partial charge >= 0.3 is 7.60 Å². The quantitative estimate of drug-likeness (QED) is 0.191. The Morgan fingerprint density at radius 3 is 3.00 bits per heavy atom. The van der Waals surface area contributed by atoms with Crippen LogP contribution in [-0.4, -0.2) is 59.9 Å². The maximum absolute atomic E-state index is 10.5. The van der Waals surface area contributed by atoms with Gasteiger partial charge in [-0.05, 0) is 13.1 Å². The number of nitrogens with zero attached hydrogens (tertiary/aromatic N) is 3. The van der Waals surface area contributed by atoms with Crippen LogP contribution in [0.2, 0.25) is 0 Å². The van der Waals surface area contributed by atoms with E-state index in [1.165, 1.54) is 6.34 Å². The zero-order chi connectivity index (χ0) is 15.0. The molecule has 114 valence electrons. The Balaban J connectivity index is 2.26. The molecule has 0 aromatic heterocycles. The zero-order valence-corrected chi connectivity index (χ0v) is 11.8. The van der Waals surface area contributed by atoms with Gasteiger partial charge in [0.2, 0.25) is 0 Å². The van der Waals surface area contributed by atoms with E-state index in [0.29, 0.717) is 5.84 Å². The minimum Gasteiger partial charge on any atom is -0.385 e. The van der Waals surface area contributed by atoms with E-state index in [4.69, 9.17) is 25.1 Å². The van der Waals surface area contributed by atoms with Crippen molar-refractivity contribution in [1.82, 2.24) is 5.48 Å². The van der Waals surface area contributed by atoms with E-state index in [0.717, 1.165) is 0 Å². The van der Waals surface area contributed by atoms with Crippen molar-refractivity contribution in [3.63, 3.8) is 0 Å². The summed E-state index contributed by atoms with van der Waals surface area (Å²) in [6.07, 6.45) is 1.75. The summed E-state index contributed by atoms with van der Waals surface area (Å²) in [7, 11) is -4.14. The third-order valence-corrected chi connectivity index (χ3v) is 2.66. The summed E-state index contributed by atoms with van der Waals surface area (Å²) in [5, 5.41) is 0. The molecule has 1 aliphatic rings. The van der Waals surface area contributed by atoms with Crippen LogP contribution in [0.3, 0.4) is 0 Å². The lowest BCUT2D eigenvalue weighted by molar-refractivity contribution is -0.0156. The van der Waals surface area contributed by atoms with Crippen LogP contribution < -0.4 is 11.2 Å². The summed E-state index contributed by atoms with van der Waals surface area (Å²) in [4.78, 5) is 34.2. The van der Waals surface area contributed by atoms with Crippen LogP contribution in [0.1, 0.15) is 6.92 Å². The molecule has 1 rings (SSSR count). The van der Waals surface area contributed by atoms with E-state index in [-0.39, 0.29) is 13.2 Å². The van der Waals surface area contributed by atoms with Gasteiger partial charge in [-0.15, -0.1) is 0 Å². The predicted molar refractivity (Wildman–Crippen MR) is 73.8 cm³/mol.